The first-order valence-electron chi connectivity index (χ1n) is 7.38. The van der Waals surface area contributed by atoms with Gasteiger partial charge in [-0.25, -0.2) is 4.98 Å². The van der Waals surface area contributed by atoms with Crippen molar-refractivity contribution in [3.8, 4) is 17.5 Å². The molecule has 0 aliphatic carbocycles. The fourth-order valence-corrected chi connectivity index (χ4v) is 2.84. The lowest BCUT2D eigenvalue weighted by molar-refractivity contribution is 0.236. The average Bonchev–Trinajstić information content (AvgIpc) is 3.18. The van der Waals surface area contributed by atoms with Crippen LogP contribution < -0.4 is 0 Å². The van der Waals surface area contributed by atoms with Gasteiger partial charge in [-0.15, -0.1) is 0 Å². The molecular weight excluding hydrogens is 262 g/mol. The Kier molecular flexibility index (Phi) is 3.98. The molecule has 3 heterocycles. The Morgan fingerprint density at radius 1 is 1.29 bits per heavy atom. The lowest BCUT2D eigenvalue weighted by Gasteiger charge is -2.23. The number of nitrogens with zero attached hydrogens (tertiary/aromatic N) is 5. The molecule has 0 N–H and O–H groups in total. The Morgan fingerprint density at radius 2 is 2.10 bits per heavy atom. The van der Waals surface area contributed by atoms with Gasteiger partial charge < -0.3 is 4.57 Å². The highest BCUT2D eigenvalue weighted by Crippen LogP contribution is 2.17. The fourth-order valence-electron chi connectivity index (χ4n) is 2.84. The lowest BCUT2D eigenvalue weighted by Crippen LogP contribution is -2.33. The predicted molar refractivity (Wildman–Crippen MR) is 80.4 cm³/mol. The van der Waals surface area contributed by atoms with E-state index in [4.69, 9.17) is 5.26 Å². The van der Waals surface area contributed by atoms with Gasteiger partial charge in [-0.3, -0.25) is 9.88 Å². The molecule has 5 heteroatoms. The van der Waals surface area contributed by atoms with Crippen LogP contribution in [0.5, 0.6) is 0 Å². The van der Waals surface area contributed by atoms with Crippen LogP contribution in [0.3, 0.4) is 0 Å². The molecule has 3 rings (SSSR count). The standard InChI is InChI=1S/C16H19N5/c1-13(21-6-2-3-7-21)10-20-11-16(19-12-20)15-8-14(9-17)4-5-18-15/h4-5,8,11-13H,2-3,6-7,10H2,1H3. The third-order valence-corrected chi connectivity index (χ3v) is 4.02. The summed E-state index contributed by atoms with van der Waals surface area (Å²) in [5, 5.41) is 8.95. The number of likely N-dealkylation sites (tertiary alicyclic amines) is 1. The average molecular weight is 281 g/mol. The number of hydrogen-bond donors (Lipinski definition) is 0. The van der Waals surface area contributed by atoms with Crippen molar-refractivity contribution in [1.82, 2.24) is 19.4 Å². The second kappa shape index (κ2) is 6.06. The van der Waals surface area contributed by atoms with Gasteiger partial charge in [0.2, 0.25) is 0 Å². The van der Waals surface area contributed by atoms with Crippen molar-refractivity contribution in [2.24, 2.45) is 0 Å². The van der Waals surface area contributed by atoms with E-state index < -0.39 is 0 Å². The molecule has 1 aliphatic rings. The van der Waals surface area contributed by atoms with Crippen LogP contribution in [0.2, 0.25) is 0 Å². The van der Waals surface area contributed by atoms with E-state index in [1.165, 1.54) is 25.9 Å². The lowest BCUT2D eigenvalue weighted by atomic mass is 10.2. The van der Waals surface area contributed by atoms with Gasteiger partial charge in [0.05, 0.1) is 23.7 Å². The largest absolute Gasteiger partial charge is 0.335 e. The van der Waals surface area contributed by atoms with E-state index in [1.54, 1.807) is 18.3 Å². The number of imidazole rings is 1. The highest BCUT2D eigenvalue weighted by atomic mass is 15.2. The van der Waals surface area contributed by atoms with Gasteiger partial charge in [-0.05, 0) is 45.0 Å². The topological polar surface area (TPSA) is 57.7 Å². The van der Waals surface area contributed by atoms with Crippen LogP contribution in [0.25, 0.3) is 11.4 Å². The zero-order valence-electron chi connectivity index (χ0n) is 12.2. The SMILES string of the molecule is CC(Cn1cnc(-c2cc(C#N)ccn2)c1)N1CCCC1. The van der Waals surface area contributed by atoms with E-state index in [9.17, 15) is 0 Å². The molecular formula is C16H19N5. The van der Waals surface area contributed by atoms with E-state index in [0.29, 0.717) is 11.6 Å². The van der Waals surface area contributed by atoms with Gasteiger partial charge in [0.1, 0.15) is 5.69 Å². The van der Waals surface area contributed by atoms with Gasteiger partial charge in [0, 0.05) is 25.0 Å². The zero-order chi connectivity index (χ0) is 14.7. The summed E-state index contributed by atoms with van der Waals surface area (Å²) in [6, 6.07) is 6.13. The number of pyridine rings is 1. The molecule has 1 saturated heterocycles. The smallest absolute Gasteiger partial charge is 0.107 e. The van der Waals surface area contributed by atoms with Crippen LogP contribution >= 0.6 is 0 Å². The van der Waals surface area contributed by atoms with Crippen LogP contribution in [0.15, 0.2) is 30.9 Å². The van der Waals surface area contributed by atoms with Crippen LogP contribution in [0.4, 0.5) is 0 Å². The Labute approximate surface area is 124 Å². The summed E-state index contributed by atoms with van der Waals surface area (Å²) in [5.74, 6) is 0. The van der Waals surface area contributed by atoms with Crippen molar-refractivity contribution >= 4 is 0 Å². The second-order valence-electron chi connectivity index (χ2n) is 5.59. The summed E-state index contributed by atoms with van der Waals surface area (Å²) in [7, 11) is 0. The molecule has 0 spiro atoms. The molecule has 2 aromatic heterocycles. The second-order valence-corrected chi connectivity index (χ2v) is 5.59. The molecule has 1 unspecified atom stereocenters. The summed E-state index contributed by atoms with van der Waals surface area (Å²) in [5.41, 5.74) is 2.18. The van der Waals surface area contributed by atoms with Crippen LogP contribution in [0.1, 0.15) is 25.3 Å². The highest BCUT2D eigenvalue weighted by molar-refractivity contribution is 5.55. The summed E-state index contributed by atoms with van der Waals surface area (Å²) in [6.07, 6.45) is 8.13. The van der Waals surface area contributed by atoms with Crippen molar-refractivity contribution < 1.29 is 0 Å². The molecule has 0 aromatic carbocycles. The minimum absolute atomic E-state index is 0.521. The number of nitriles is 1. The molecule has 1 aliphatic heterocycles. The Hall–Kier alpha value is -2.19. The molecule has 0 bridgehead atoms. The predicted octanol–water partition coefficient (Wildman–Crippen LogP) is 2.30. The van der Waals surface area contributed by atoms with Crippen LogP contribution in [-0.2, 0) is 6.54 Å². The van der Waals surface area contributed by atoms with Crippen molar-refractivity contribution in [2.75, 3.05) is 13.1 Å². The first-order chi connectivity index (χ1) is 10.3. The molecule has 0 amide bonds. The van der Waals surface area contributed by atoms with Crippen LogP contribution in [0, 0.1) is 11.3 Å². The molecule has 0 radical (unpaired) electrons. The zero-order valence-corrected chi connectivity index (χ0v) is 12.2. The number of hydrogen-bond acceptors (Lipinski definition) is 4. The van der Waals surface area contributed by atoms with Gasteiger partial charge in [0.25, 0.3) is 0 Å². The minimum Gasteiger partial charge on any atom is -0.335 e. The van der Waals surface area contributed by atoms with Crippen molar-refractivity contribution in [2.45, 2.75) is 32.4 Å². The molecule has 1 fully saturated rings. The summed E-state index contributed by atoms with van der Waals surface area (Å²) in [4.78, 5) is 11.2. The maximum Gasteiger partial charge on any atom is 0.107 e. The molecule has 2 aromatic rings. The maximum absolute atomic E-state index is 8.95. The van der Waals surface area contributed by atoms with Crippen molar-refractivity contribution in [1.29, 1.82) is 5.26 Å². The molecule has 108 valence electrons. The first-order valence-corrected chi connectivity index (χ1v) is 7.38. The molecule has 0 saturated carbocycles. The quantitative estimate of drug-likeness (QED) is 0.863. The van der Waals surface area contributed by atoms with Gasteiger partial charge in [0.15, 0.2) is 0 Å². The Balaban J connectivity index is 1.72. The number of aromatic nitrogens is 3. The minimum atomic E-state index is 0.521. The molecule has 5 nitrogen and oxygen atoms in total. The van der Waals surface area contributed by atoms with E-state index >= 15 is 0 Å². The van der Waals surface area contributed by atoms with Gasteiger partial charge >= 0.3 is 0 Å². The molecule has 21 heavy (non-hydrogen) atoms. The van der Waals surface area contributed by atoms with E-state index in [1.807, 2.05) is 12.5 Å². The van der Waals surface area contributed by atoms with Gasteiger partial charge in [-0.1, -0.05) is 0 Å². The monoisotopic (exact) mass is 281 g/mol. The number of rotatable bonds is 4. The van der Waals surface area contributed by atoms with Gasteiger partial charge in [-0.2, -0.15) is 5.26 Å². The maximum atomic E-state index is 8.95. The Morgan fingerprint density at radius 3 is 2.86 bits per heavy atom. The normalized spacial score (nSPS) is 16.8. The first kappa shape index (κ1) is 13.8. The third kappa shape index (κ3) is 3.11. The van der Waals surface area contributed by atoms with E-state index in [-0.39, 0.29) is 0 Å². The Bertz CT molecular complexity index is 649. The summed E-state index contributed by atoms with van der Waals surface area (Å²) in [6.45, 7) is 5.60. The summed E-state index contributed by atoms with van der Waals surface area (Å²) < 4.78 is 2.11. The highest BCUT2D eigenvalue weighted by Gasteiger charge is 2.18. The van der Waals surface area contributed by atoms with Crippen molar-refractivity contribution in [3.63, 3.8) is 0 Å². The van der Waals surface area contributed by atoms with Crippen molar-refractivity contribution in [3.05, 3.63) is 36.4 Å². The third-order valence-electron chi connectivity index (χ3n) is 4.02. The fraction of sp³-hybridized carbons (Fsp3) is 0.438. The van der Waals surface area contributed by atoms with E-state index in [0.717, 1.165) is 17.9 Å². The van der Waals surface area contributed by atoms with Crippen LogP contribution in [-0.4, -0.2) is 38.6 Å². The molecule has 1 atom stereocenters. The van der Waals surface area contributed by atoms with E-state index in [2.05, 4.69) is 32.4 Å². The summed E-state index contributed by atoms with van der Waals surface area (Å²) >= 11 is 0.